The van der Waals surface area contributed by atoms with Crippen LogP contribution >= 0.6 is 0 Å². The van der Waals surface area contributed by atoms with Crippen LogP contribution in [0.2, 0.25) is 0 Å². The number of nitrogens with two attached hydrogens (primary N) is 1. The number of amides is 1. The fraction of sp³-hybridized carbons (Fsp3) is 0.875. The van der Waals surface area contributed by atoms with E-state index in [9.17, 15) is 4.79 Å². The molecule has 4 nitrogen and oxygen atoms in total. The zero-order chi connectivity index (χ0) is 9.40. The normalized spacial score (nSPS) is 12.8. The highest BCUT2D eigenvalue weighted by molar-refractivity contribution is 5.79. The first-order chi connectivity index (χ1) is 5.68. The van der Waals surface area contributed by atoms with Crippen LogP contribution in [-0.4, -0.2) is 30.2 Å². The molecule has 12 heavy (non-hydrogen) atoms. The van der Waals surface area contributed by atoms with Crippen LogP contribution in [0.5, 0.6) is 0 Å². The lowest BCUT2D eigenvalue weighted by atomic mass is 10.2. The number of aliphatic hydroxyl groups is 1. The highest BCUT2D eigenvalue weighted by Gasteiger charge is 2.05. The van der Waals surface area contributed by atoms with E-state index >= 15 is 0 Å². The Bertz CT molecular complexity index is 128. The summed E-state index contributed by atoms with van der Waals surface area (Å²) in [7, 11) is 0. The van der Waals surface area contributed by atoms with Crippen molar-refractivity contribution >= 4 is 5.91 Å². The summed E-state index contributed by atoms with van der Waals surface area (Å²) in [5.74, 6) is -0.322. The molecule has 1 atom stereocenters. The smallest absolute Gasteiger partial charge is 0.234 e. The van der Waals surface area contributed by atoms with E-state index in [1.807, 2.05) is 0 Å². The van der Waals surface area contributed by atoms with Gasteiger partial charge in [0.05, 0.1) is 6.04 Å². The third kappa shape index (κ3) is 6.12. The van der Waals surface area contributed by atoms with Crippen molar-refractivity contribution < 1.29 is 9.90 Å². The van der Waals surface area contributed by atoms with Gasteiger partial charge in [0.1, 0.15) is 0 Å². The van der Waals surface area contributed by atoms with Gasteiger partial charge in [-0.25, -0.2) is 0 Å². The number of unbranched alkanes of at least 4 members (excludes halogenated alkanes) is 2. The summed E-state index contributed by atoms with van der Waals surface area (Å²) >= 11 is 0. The molecule has 0 saturated carbocycles. The summed E-state index contributed by atoms with van der Waals surface area (Å²) in [4.78, 5) is 10.5. The molecule has 0 aliphatic carbocycles. The lowest BCUT2D eigenvalue weighted by molar-refractivity contribution is -0.119. The summed E-state index contributed by atoms with van der Waals surface area (Å²) in [6.07, 6.45) is 2.78. The molecule has 1 amide bonds. The van der Waals surface area contributed by atoms with Crippen molar-refractivity contribution in [1.82, 2.24) is 5.32 Å². The van der Waals surface area contributed by atoms with Gasteiger partial charge in [0, 0.05) is 6.61 Å². The average Bonchev–Trinajstić information content (AvgIpc) is 2.03. The van der Waals surface area contributed by atoms with Crippen molar-refractivity contribution in [3.05, 3.63) is 0 Å². The Hall–Kier alpha value is -0.610. The number of nitrogens with one attached hydrogen (secondary N) is 1. The Morgan fingerprint density at radius 1 is 1.50 bits per heavy atom. The van der Waals surface area contributed by atoms with Crippen LogP contribution in [0.1, 0.15) is 26.2 Å². The number of carbonyl (C=O) groups excluding carboxylic acids is 1. The fourth-order valence-corrected chi connectivity index (χ4v) is 0.833. The van der Waals surface area contributed by atoms with E-state index in [2.05, 4.69) is 5.32 Å². The second-order valence-electron chi connectivity index (χ2n) is 2.86. The molecule has 0 fully saturated rings. The lowest BCUT2D eigenvalue weighted by Gasteiger charge is -2.08. The molecule has 0 aliphatic rings. The maximum atomic E-state index is 10.5. The molecule has 0 rings (SSSR count). The zero-order valence-electron chi connectivity index (χ0n) is 7.55. The van der Waals surface area contributed by atoms with Gasteiger partial charge in [-0.05, 0) is 32.7 Å². The van der Waals surface area contributed by atoms with Gasteiger partial charge in [-0.15, -0.1) is 0 Å². The summed E-state index contributed by atoms with van der Waals surface area (Å²) < 4.78 is 0. The summed E-state index contributed by atoms with van der Waals surface area (Å²) in [6.45, 7) is 2.77. The minimum Gasteiger partial charge on any atom is -0.396 e. The molecule has 0 aromatic carbocycles. The number of rotatable bonds is 7. The first-order valence-corrected chi connectivity index (χ1v) is 4.32. The Balaban J connectivity index is 3.14. The molecular weight excluding hydrogens is 156 g/mol. The third-order valence-corrected chi connectivity index (χ3v) is 1.71. The molecular formula is C8H18N2O2. The van der Waals surface area contributed by atoms with E-state index in [1.165, 1.54) is 0 Å². The molecule has 0 heterocycles. The molecule has 0 bridgehead atoms. The van der Waals surface area contributed by atoms with Gasteiger partial charge in [0.2, 0.25) is 5.91 Å². The second kappa shape index (κ2) is 7.06. The van der Waals surface area contributed by atoms with Gasteiger partial charge >= 0.3 is 0 Å². The first kappa shape index (κ1) is 11.4. The summed E-state index contributed by atoms with van der Waals surface area (Å²) in [6, 6.07) is -0.251. The average molecular weight is 174 g/mol. The molecule has 1 unspecified atom stereocenters. The number of carbonyl (C=O) groups is 1. The van der Waals surface area contributed by atoms with Gasteiger partial charge in [-0.1, -0.05) is 0 Å². The van der Waals surface area contributed by atoms with Crippen LogP contribution in [-0.2, 0) is 4.79 Å². The van der Waals surface area contributed by atoms with Gasteiger partial charge in [-0.2, -0.15) is 0 Å². The number of aliphatic hydroxyl groups excluding tert-OH is 1. The number of hydrogen-bond donors (Lipinski definition) is 3. The molecule has 0 radical (unpaired) electrons. The summed E-state index contributed by atoms with van der Waals surface area (Å²) in [5.41, 5.74) is 5.04. The van der Waals surface area contributed by atoms with Crippen molar-refractivity contribution in [2.75, 3.05) is 13.2 Å². The maximum absolute atomic E-state index is 10.5. The van der Waals surface area contributed by atoms with E-state index in [0.717, 1.165) is 25.8 Å². The largest absolute Gasteiger partial charge is 0.396 e. The first-order valence-electron chi connectivity index (χ1n) is 4.32. The van der Waals surface area contributed by atoms with Crippen LogP contribution in [0.25, 0.3) is 0 Å². The SMILES string of the molecule is CC(NCCCCCO)C(N)=O. The van der Waals surface area contributed by atoms with Crippen LogP contribution < -0.4 is 11.1 Å². The maximum Gasteiger partial charge on any atom is 0.234 e. The topological polar surface area (TPSA) is 75.3 Å². The Kier molecular flexibility index (Phi) is 6.70. The molecule has 0 spiro atoms. The van der Waals surface area contributed by atoms with E-state index in [-0.39, 0.29) is 18.6 Å². The van der Waals surface area contributed by atoms with E-state index < -0.39 is 0 Å². The van der Waals surface area contributed by atoms with Gasteiger partial charge in [-0.3, -0.25) is 4.79 Å². The molecule has 0 aromatic rings. The Morgan fingerprint density at radius 3 is 2.67 bits per heavy atom. The van der Waals surface area contributed by atoms with Crippen molar-refractivity contribution in [2.45, 2.75) is 32.2 Å². The second-order valence-corrected chi connectivity index (χ2v) is 2.86. The van der Waals surface area contributed by atoms with Crippen LogP contribution in [0.15, 0.2) is 0 Å². The molecule has 4 N–H and O–H groups in total. The molecule has 0 aromatic heterocycles. The predicted molar refractivity (Wildman–Crippen MR) is 47.6 cm³/mol. The van der Waals surface area contributed by atoms with Crippen molar-refractivity contribution in [1.29, 1.82) is 0 Å². The van der Waals surface area contributed by atoms with Gasteiger partial charge in [0.25, 0.3) is 0 Å². The third-order valence-electron chi connectivity index (χ3n) is 1.71. The standard InChI is InChI=1S/C8H18N2O2/c1-7(8(9)12)10-5-3-2-4-6-11/h7,10-11H,2-6H2,1H3,(H2,9,12). The highest BCUT2D eigenvalue weighted by Crippen LogP contribution is 1.92. The van der Waals surface area contributed by atoms with Crippen LogP contribution in [0, 0.1) is 0 Å². The quantitative estimate of drug-likeness (QED) is 0.460. The molecule has 0 saturated heterocycles. The van der Waals surface area contributed by atoms with E-state index in [4.69, 9.17) is 10.8 Å². The van der Waals surface area contributed by atoms with Crippen molar-refractivity contribution in [3.8, 4) is 0 Å². The minimum atomic E-state index is -0.322. The number of hydrogen-bond acceptors (Lipinski definition) is 3. The lowest BCUT2D eigenvalue weighted by Crippen LogP contribution is -2.39. The Morgan fingerprint density at radius 2 is 2.17 bits per heavy atom. The fourth-order valence-electron chi connectivity index (χ4n) is 0.833. The molecule has 72 valence electrons. The molecule has 4 heteroatoms. The van der Waals surface area contributed by atoms with Gasteiger partial charge in [0.15, 0.2) is 0 Å². The predicted octanol–water partition coefficient (Wildman–Crippen LogP) is -0.388. The van der Waals surface area contributed by atoms with Crippen LogP contribution in [0.4, 0.5) is 0 Å². The number of primary amides is 1. The van der Waals surface area contributed by atoms with E-state index in [1.54, 1.807) is 6.92 Å². The monoisotopic (exact) mass is 174 g/mol. The van der Waals surface area contributed by atoms with E-state index in [0.29, 0.717) is 0 Å². The Labute approximate surface area is 73.1 Å². The summed E-state index contributed by atoms with van der Waals surface area (Å²) in [5, 5.41) is 11.5. The van der Waals surface area contributed by atoms with Gasteiger partial charge < -0.3 is 16.2 Å². The molecule has 0 aliphatic heterocycles. The zero-order valence-corrected chi connectivity index (χ0v) is 7.55. The van der Waals surface area contributed by atoms with Crippen LogP contribution in [0.3, 0.4) is 0 Å². The van der Waals surface area contributed by atoms with Crippen molar-refractivity contribution in [2.24, 2.45) is 5.73 Å². The minimum absolute atomic E-state index is 0.241. The van der Waals surface area contributed by atoms with Crippen molar-refractivity contribution in [3.63, 3.8) is 0 Å². The highest BCUT2D eigenvalue weighted by atomic mass is 16.2.